The van der Waals surface area contributed by atoms with E-state index in [1.807, 2.05) is 0 Å². The van der Waals surface area contributed by atoms with Crippen molar-refractivity contribution in [3.63, 3.8) is 0 Å². The fourth-order valence-electron chi connectivity index (χ4n) is 3.59. The van der Waals surface area contributed by atoms with Crippen LogP contribution in [0.15, 0.2) is 54.6 Å². The Morgan fingerprint density at radius 2 is 1.52 bits per heavy atom. The summed E-state index contributed by atoms with van der Waals surface area (Å²) in [6.45, 7) is 9.20. The molecule has 1 N–H and O–H groups in total. The molecule has 0 amide bonds. The van der Waals surface area contributed by atoms with Crippen LogP contribution in [0.4, 0.5) is 0 Å². The number of hydrogen-bond donors (Lipinski definition) is 1. The minimum Gasteiger partial charge on any atom is -0.314 e. The second kappa shape index (κ2) is 7.76. The molecular weight excluding hydrogens is 280 g/mol. The van der Waals surface area contributed by atoms with Gasteiger partial charge in [-0.2, -0.15) is 0 Å². The van der Waals surface area contributed by atoms with Crippen molar-refractivity contribution in [3.8, 4) is 11.1 Å². The van der Waals surface area contributed by atoms with Gasteiger partial charge < -0.3 is 5.32 Å². The molecular formula is C21H28N2. The van der Waals surface area contributed by atoms with Gasteiger partial charge in [0.1, 0.15) is 0 Å². The van der Waals surface area contributed by atoms with Gasteiger partial charge in [-0.1, -0.05) is 74.9 Å². The van der Waals surface area contributed by atoms with Crippen molar-refractivity contribution in [2.24, 2.45) is 5.92 Å². The number of hydrogen-bond acceptors (Lipinski definition) is 2. The van der Waals surface area contributed by atoms with Crippen molar-refractivity contribution < 1.29 is 0 Å². The summed E-state index contributed by atoms with van der Waals surface area (Å²) in [5.74, 6) is 0.677. The van der Waals surface area contributed by atoms with Crippen molar-refractivity contribution in [1.82, 2.24) is 10.2 Å². The molecule has 2 aromatic rings. The zero-order valence-electron chi connectivity index (χ0n) is 14.3. The van der Waals surface area contributed by atoms with Gasteiger partial charge in [-0.25, -0.2) is 0 Å². The van der Waals surface area contributed by atoms with Crippen LogP contribution in [0.2, 0.25) is 0 Å². The highest BCUT2D eigenvalue weighted by Gasteiger charge is 2.26. The molecule has 1 heterocycles. The van der Waals surface area contributed by atoms with Crippen LogP contribution in [-0.2, 0) is 0 Å². The largest absolute Gasteiger partial charge is 0.314 e. The number of nitrogens with one attached hydrogen (secondary N) is 1. The first-order valence-electron chi connectivity index (χ1n) is 8.89. The fraction of sp³-hybridized carbons (Fsp3) is 0.429. The van der Waals surface area contributed by atoms with E-state index in [2.05, 4.69) is 78.7 Å². The molecule has 0 saturated carbocycles. The second-order valence-electron chi connectivity index (χ2n) is 6.60. The number of rotatable bonds is 5. The monoisotopic (exact) mass is 308 g/mol. The molecule has 3 rings (SSSR count). The first-order chi connectivity index (χ1) is 11.3. The quantitative estimate of drug-likeness (QED) is 0.883. The molecule has 0 radical (unpaired) electrons. The fourth-order valence-corrected chi connectivity index (χ4v) is 3.59. The molecule has 2 nitrogen and oxygen atoms in total. The summed E-state index contributed by atoms with van der Waals surface area (Å²) in [7, 11) is 0. The molecule has 0 bridgehead atoms. The Hall–Kier alpha value is -1.64. The minimum absolute atomic E-state index is 0.534. The molecule has 0 spiro atoms. The lowest BCUT2D eigenvalue weighted by molar-refractivity contribution is 0.128. The molecule has 2 atom stereocenters. The summed E-state index contributed by atoms with van der Waals surface area (Å²) in [6.07, 6.45) is 1.22. The molecule has 1 unspecified atom stereocenters. The van der Waals surface area contributed by atoms with E-state index in [4.69, 9.17) is 0 Å². The van der Waals surface area contributed by atoms with E-state index in [9.17, 15) is 0 Å². The minimum atomic E-state index is 0.534. The Balaban J connectivity index is 1.84. The van der Waals surface area contributed by atoms with Gasteiger partial charge in [0.05, 0.1) is 0 Å². The summed E-state index contributed by atoms with van der Waals surface area (Å²) in [4.78, 5) is 2.65. The molecule has 23 heavy (non-hydrogen) atoms. The van der Waals surface area contributed by atoms with Gasteiger partial charge >= 0.3 is 0 Å². The average molecular weight is 308 g/mol. The van der Waals surface area contributed by atoms with E-state index in [1.165, 1.54) is 23.1 Å². The maximum Gasteiger partial charge on any atom is 0.0374 e. The van der Waals surface area contributed by atoms with E-state index in [0.717, 1.165) is 26.2 Å². The van der Waals surface area contributed by atoms with Crippen LogP contribution in [-0.4, -0.2) is 31.1 Å². The Kier molecular flexibility index (Phi) is 5.47. The smallest absolute Gasteiger partial charge is 0.0374 e. The van der Waals surface area contributed by atoms with E-state index < -0.39 is 0 Å². The third-order valence-corrected chi connectivity index (χ3v) is 5.09. The van der Waals surface area contributed by atoms with E-state index in [1.54, 1.807) is 0 Å². The van der Waals surface area contributed by atoms with Gasteiger partial charge in [0.15, 0.2) is 0 Å². The molecule has 2 aromatic carbocycles. The maximum atomic E-state index is 3.47. The topological polar surface area (TPSA) is 15.3 Å². The van der Waals surface area contributed by atoms with Crippen molar-refractivity contribution in [2.75, 3.05) is 26.2 Å². The molecule has 1 fully saturated rings. The molecule has 1 aliphatic heterocycles. The summed E-state index contributed by atoms with van der Waals surface area (Å²) >= 11 is 0. The average Bonchev–Trinajstić information content (AvgIpc) is 2.64. The van der Waals surface area contributed by atoms with Gasteiger partial charge in [-0.15, -0.1) is 0 Å². The molecule has 2 heteroatoms. The third-order valence-electron chi connectivity index (χ3n) is 5.09. The lowest BCUT2D eigenvalue weighted by Gasteiger charge is -2.38. The SMILES string of the molecule is CCC(C)[C@H](c1ccc(-c2ccccc2)cc1)N1CCNCC1. The molecule has 1 aliphatic rings. The van der Waals surface area contributed by atoms with E-state index in [-0.39, 0.29) is 0 Å². The van der Waals surface area contributed by atoms with Crippen molar-refractivity contribution in [2.45, 2.75) is 26.3 Å². The van der Waals surface area contributed by atoms with Crippen LogP contribution in [0.3, 0.4) is 0 Å². The first kappa shape index (κ1) is 16.2. The van der Waals surface area contributed by atoms with Crippen molar-refractivity contribution in [3.05, 3.63) is 60.2 Å². The number of piperazine rings is 1. The summed E-state index contributed by atoms with van der Waals surface area (Å²) in [6, 6.07) is 20.4. The summed E-state index contributed by atoms with van der Waals surface area (Å²) in [5.41, 5.74) is 4.06. The third kappa shape index (κ3) is 3.82. The zero-order chi connectivity index (χ0) is 16.1. The zero-order valence-corrected chi connectivity index (χ0v) is 14.3. The van der Waals surface area contributed by atoms with Gasteiger partial charge in [0.25, 0.3) is 0 Å². The van der Waals surface area contributed by atoms with Crippen LogP contribution in [0.25, 0.3) is 11.1 Å². The predicted molar refractivity (Wildman–Crippen MR) is 98.5 cm³/mol. The molecule has 0 aliphatic carbocycles. The van der Waals surface area contributed by atoms with E-state index >= 15 is 0 Å². The van der Waals surface area contributed by atoms with Crippen LogP contribution >= 0.6 is 0 Å². The van der Waals surface area contributed by atoms with Crippen LogP contribution < -0.4 is 5.32 Å². The summed E-state index contributed by atoms with van der Waals surface area (Å²) in [5, 5.41) is 3.47. The summed E-state index contributed by atoms with van der Waals surface area (Å²) < 4.78 is 0. The first-order valence-corrected chi connectivity index (χ1v) is 8.89. The maximum absolute atomic E-state index is 3.47. The normalized spacial score (nSPS) is 18.5. The van der Waals surface area contributed by atoms with Crippen molar-refractivity contribution in [1.29, 1.82) is 0 Å². The molecule has 122 valence electrons. The Morgan fingerprint density at radius 1 is 0.913 bits per heavy atom. The van der Waals surface area contributed by atoms with Gasteiger partial charge in [0, 0.05) is 32.2 Å². The van der Waals surface area contributed by atoms with Gasteiger partial charge in [-0.05, 0) is 22.6 Å². The van der Waals surface area contributed by atoms with Gasteiger partial charge in [-0.3, -0.25) is 4.90 Å². The standard InChI is InChI=1S/C21H28N2/c1-3-17(2)21(23-15-13-22-14-16-23)20-11-9-19(10-12-20)18-7-5-4-6-8-18/h4-12,17,21-22H,3,13-16H2,1-2H3/t17?,21-/m1/s1. The second-order valence-corrected chi connectivity index (χ2v) is 6.60. The molecule has 1 saturated heterocycles. The lowest BCUT2D eigenvalue weighted by Crippen LogP contribution is -2.46. The van der Waals surface area contributed by atoms with Crippen LogP contribution in [0.5, 0.6) is 0 Å². The Morgan fingerprint density at radius 3 is 2.13 bits per heavy atom. The predicted octanol–water partition coefficient (Wildman–Crippen LogP) is 4.35. The molecule has 0 aromatic heterocycles. The van der Waals surface area contributed by atoms with Gasteiger partial charge in [0.2, 0.25) is 0 Å². The Bertz CT molecular complexity index is 585. The highest BCUT2D eigenvalue weighted by Crippen LogP contribution is 2.32. The highest BCUT2D eigenvalue weighted by atomic mass is 15.2. The highest BCUT2D eigenvalue weighted by molar-refractivity contribution is 5.63. The van der Waals surface area contributed by atoms with Crippen LogP contribution in [0.1, 0.15) is 31.9 Å². The number of nitrogens with zero attached hydrogens (tertiary/aromatic N) is 1. The van der Waals surface area contributed by atoms with Crippen molar-refractivity contribution >= 4 is 0 Å². The Labute approximate surface area is 140 Å². The lowest BCUT2D eigenvalue weighted by atomic mass is 9.89. The number of benzene rings is 2. The van der Waals surface area contributed by atoms with E-state index in [0.29, 0.717) is 12.0 Å². The van der Waals surface area contributed by atoms with Crippen LogP contribution in [0, 0.1) is 5.92 Å².